The van der Waals surface area contributed by atoms with E-state index < -0.39 is 16.1 Å². The minimum absolute atomic E-state index is 0.0411. The number of fused-ring (bicyclic) bond motifs is 1. The Morgan fingerprint density at radius 2 is 1.56 bits per heavy atom. The first-order chi connectivity index (χ1) is 16.5. The summed E-state index contributed by atoms with van der Waals surface area (Å²) < 4.78 is 32.8. The van der Waals surface area contributed by atoms with Crippen LogP contribution in [0.15, 0.2) is 78.9 Å². The van der Waals surface area contributed by atoms with E-state index in [-0.39, 0.29) is 18.2 Å². The molecule has 1 atom stereocenters. The standard InChI is InChI=1S/C27H30N2O4S/c1-2-34(31,32)29-18-24-14-8-6-12-22(24)16-26(29)27(30)28-17-23-13-7-9-15-25(23)20-33-19-21-10-4-3-5-11-21/h3-15,26H,2,16-20H2,1H3,(H,28,30)/t26-/m0/s1. The van der Waals surface area contributed by atoms with Crippen molar-refractivity contribution in [3.05, 3.63) is 107 Å². The van der Waals surface area contributed by atoms with E-state index in [1.165, 1.54) is 4.31 Å². The monoisotopic (exact) mass is 478 g/mol. The van der Waals surface area contributed by atoms with Crippen LogP contribution in [0.2, 0.25) is 0 Å². The van der Waals surface area contributed by atoms with Crippen molar-refractivity contribution in [2.24, 2.45) is 0 Å². The molecule has 0 fully saturated rings. The molecule has 3 aromatic carbocycles. The Balaban J connectivity index is 1.43. The Morgan fingerprint density at radius 3 is 2.29 bits per heavy atom. The maximum atomic E-state index is 13.2. The van der Waals surface area contributed by atoms with Gasteiger partial charge in [-0.1, -0.05) is 78.9 Å². The second-order valence-electron chi connectivity index (χ2n) is 8.40. The van der Waals surface area contributed by atoms with Gasteiger partial charge in [-0.25, -0.2) is 8.42 Å². The zero-order chi connectivity index (χ0) is 24.0. The van der Waals surface area contributed by atoms with Crippen LogP contribution in [-0.4, -0.2) is 30.4 Å². The number of hydrogen-bond donors (Lipinski definition) is 1. The molecule has 0 saturated carbocycles. The van der Waals surface area contributed by atoms with Crippen molar-refractivity contribution < 1.29 is 17.9 Å². The van der Waals surface area contributed by atoms with Gasteiger partial charge in [-0.05, 0) is 41.2 Å². The summed E-state index contributed by atoms with van der Waals surface area (Å²) in [4.78, 5) is 13.2. The Morgan fingerprint density at radius 1 is 0.912 bits per heavy atom. The van der Waals surface area contributed by atoms with E-state index in [1.54, 1.807) is 6.92 Å². The molecule has 6 nitrogen and oxygen atoms in total. The molecular weight excluding hydrogens is 448 g/mol. The fourth-order valence-corrected chi connectivity index (χ4v) is 5.43. The minimum atomic E-state index is -3.54. The van der Waals surface area contributed by atoms with Crippen LogP contribution in [-0.2, 0) is 52.3 Å². The summed E-state index contributed by atoms with van der Waals surface area (Å²) in [6.45, 7) is 3.06. The summed E-state index contributed by atoms with van der Waals surface area (Å²) >= 11 is 0. The molecule has 1 amide bonds. The Bertz CT molecular complexity index is 1230. The van der Waals surface area contributed by atoms with Gasteiger partial charge in [-0.15, -0.1) is 0 Å². The van der Waals surface area contributed by atoms with E-state index in [9.17, 15) is 13.2 Å². The van der Waals surface area contributed by atoms with Crippen molar-refractivity contribution in [1.82, 2.24) is 9.62 Å². The van der Waals surface area contributed by atoms with Gasteiger partial charge in [0.1, 0.15) is 6.04 Å². The highest BCUT2D eigenvalue weighted by Crippen LogP contribution is 2.26. The van der Waals surface area contributed by atoms with E-state index in [0.717, 1.165) is 27.8 Å². The largest absolute Gasteiger partial charge is 0.372 e. The number of carbonyl (C=O) groups is 1. The molecule has 1 N–H and O–H groups in total. The third-order valence-electron chi connectivity index (χ3n) is 6.17. The van der Waals surface area contributed by atoms with E-state index in [0.29, 0.717) is 26.2 Å². The smallest absolute Gasteiger partial charge is 0.239 e. The highest BCUT2D eigenvalue weighted by atomic mass is 32.2. The predicted octanol–water partition coefficient (Wildman–Crippen LogP) is 3.80. The Hall–Kier alpha value is -3.00. The summed E-state index contributed by atoms with van der Waals surface area (Å²) in [5.74, 6) is -0.327. The highest BCUT2D eigenvalue weighted by molar-refractivity contribution is 7.89. The molecule has 3 aromatic rings. The highest BCUT2D eigenvalue weighted by Gasteiger charge is 2.37. The number of nitrogens with zero attached hydrogens (tertiary/aromatic N) is 1. The van der Waals surface area contributed by atoms with E-state index in [4.69, 9.17) is 4.74 Å². The molecule has 0 aliphatic carbocycles. The molecule has 4 rings (SSSR count). The van der Waals surface area contributed by atoms with Crippen LogP contribution in [0.1, 0.15) is 34.7 Å². The molecule has 178 valence electrons. The van der Waals surface area contributed by atoms with Crippen LogP contribution in [0, 0.1) is 0 Å². The molecule has 0 radical (unpaired) electrons. The third-order valence-corrected chi connectivity index (χ3v) is 8.00. The van der Waals surface area contributed by atoms with Gasteiger partial charge in [0.2, 0.25) is 15.9 Å². The molecule has 0 aromatic heterocycles. The summed E-state index contributed by atoms with van der Waals surface area (Å²) in [5, 5.41) is 2.97. The maximum Gasteiger partial charge on any atom is 0.239 e. The lowest BCUT2D eigenvalue weighted by atomic mass is 9.95. The van der Waals surface area contributed by atoms with Crippen molar-refractivity contribution >= 4 is 15.9 Å². The molecular formula is C27H30N2O4S. The lowest BCUT2D eigenvalue weighted by Crippen LogP contribution is -2.52. The van der Waals surface area contributed by atoms with Gasteiger partial charge < -0.3 is 10.1 Å². The number of benzene rings is 3. The minimum Gasteiger partial charge on any atom is -0.372 e. The van der Waals surface area contributed by atoms with Crippen molar-refractivity contribution in [2.45, 2.75) is 45.7 Å². The van der Waals surface area contributed by atoms with Gasteiger partial charge in [-0.3, -0.25) is 4.79 Å². The van der Waals surface area contributed by atoms with Crippen LogP contribution in [0.25, 0.3) is 0 Å². The molecule has 0 saturated heterocycles. The molecule has 1 aliphatic rings. The predicted molar refractivity (Wildman–Crippen MR) is 132 cm³/mol. The molecule has 0 bridgehead atoms. The summed E-state index contributed by atoms with van der Waals surface area (Å²) in [5.41, 5.74) is 5.00. The first-order valence-electron chi connectivity index (χ1n) is 11.5. The molecule has 7 heteroatoms. The van der Waals surface area contributed by atoms with Crippen LogP contribution in [0.5, 0.6) is 0 Å². The van der Waals surface area contributed by atoms with Gasteiger partial charge >= 0.3 is 0 Å². The van der Waals surface area contributed by atoms with Crippen LogP contribution < -0.4 is 5.32 Å². The molecule has 34 heavy (non-hydrogen) atoms. The molecule has 1 aliphatic heterocycles. The van der Waals surface area contributed by atoms with Gasteiger partial charge in [-0.2, -0.15) is 4.31 Å². The lowest BCUT2D eigenvalue weighted by molar-refractivity contribution is -0.125. The lowest BCUT2D eigenvalue weighted by Gasteiger charge is -2.34. The third kappa shape index (κ3) is 5.73. The number of sulfonamides is 1. The van der Waals surface area contributed by atoms with Crippen molar-refractivity contribution in [3.8, 4) is 0 Å². The maximum absolute atomic E-state index is 13.2. The van der Waals surface area contributed by atoms with Gasteiger partial charge in [0.15, 0.2) is 0 Å². The van der Waals surface area contributed by atoms with Crippen molar-refractivity contribution in [2.75, 3.05) is 5.75 Å². The topological polar surface area (TPSA) is 75.7 Å². The number of rotatable bonds is 9. The summed E-state index contributed by atoms with van der Waals surface area (Å²) in [6.07, 6.45) is 0.364. The second kappa shape index (κ2) is 11.0. The number of hydrogen-bond acceptors (Lipinski definition) is 4. The van der Waals surface area contributed by atoms with E-state index >= 15 is 0 Å². The fourth-order valence-electron chi connectivity index (χ4n) is 4.20. The molecule has 0 unspecified atom stereocenters. The van der Waals surface area contributed by atoms with E-state index in [2.05, 4.69) is 5.32 Å². The van der Waals surface area contributed by atoms with Gasteiger partial charge in [0.05, 0.1) is 19.0 Å². The first-order valence-corrected chi connectivity index (χ1v) is 13.1. The average molecular weight is 479 g/mol. The molecule has 1 heterocycles. The SMILES string of the molecule is CCS(=O)(=O)N1Cc2ccccc2C[C@H]1C(=O)NCc1ccccc1COCc1ccccc1. The summed E-state index contributed by atoms with van der Waals surface area (Å²) in [6, 6.07) is 24.7. The Kier molecular flexibility index (Phi) is 7.77. The van der Waals surface area contributed by atoms with Gasteiger partial charge in [0, 0.05) is 13.1 Å². The van der Waals surface area contributed by atoms with Crippen molar-refractivity contribution in [1.29, 1.82) is 0 Å². The number of ether oxygens (including phenoxy) is 1. The zero-order valence-electron chi connectivity index (χ0n) is 19.3. The average Bonchev–Trinajstić information content (AvgIpc) is 2.87. The quantitative estimate of drug-likeness (QED) is 0.508. The van der Waals surface area contributed by atoms with Crippen LogP contribution in [0.3, 0.4) is 0 Å². The normalized spacial score (nSPS) is 16.1. The number of amides is 1. The number of carbonyl (C=O) groups excluding carboxylic acids is 1. The fraction of sp³-hybridized carbons (Fsp3) is 0.296. The molecule has 0 spiro atoms. The second-order valence-corrected chi connectivity index (χ2v) is 10.6. The van der Waals surface area contributed by atoms with Gasteiger partial charge in [0.25, 0.3) is 0 Å². The number of nitrogens with one attached hydrogen (secondary N) is 1. The first kappa shape index (κ1) is 24.1. The Labute approximate surface area is 201 Å². The van der Waals surface area contributed by atoms with Crippen molar-refractivity contribution in [3.63, 3.8) is 0 Å². The zero-order valence-corrected chi connectivity index (χ0v) is 20.1. The van der Waals surface area contributed by atoms with Crippen LogP contribution >= 0.6 is 0 Å². The summed E-state index contributed by atoms with van der Waals surface area (Å²) in [7, 11) is -3.54. The van der Waals surface area contributed by atoms with E-state index in [1.807, 2.05) is 78.9 Å². The van der Waals surface area contributed by atoms with Crippen LogP contribution in [0.4, 0.5) is 0 Å².